The number of hydrogen-bond acceptors (Lipinski definition) is 6. The fourth-order valence-electron chi connectivity index (χ4n) is 1.02. The molecule has 0 aliphatic carbocycles. The Morgan fingerprint density at radius 1 is 0.938 bits per heavy atom. The molecule has 16 heavy (non-hydrogen) atoms. The highest BCUT2D eigenvalue weighted by Crippen LogP contribution is 2.47. The first kappa shape index (κ1) is 15.1. The highest BCUT2D eigenvalue weighted by molar-refractivity contribution is 7.59. The van der Waals surface area contributed by atoms with Crippen LogP contribution in [0, 0.1) is 0 Å². The van der Waals surface area contributed by atoms with E-state index in [4.69, 9.17) is 4.52 Å². The fraction of sp³-hybridized carbons (Fsp3) is 0.778. The van der Waals surface area contributed by atoms with Crippen LogP contribution in [0.2, 0.25) is 0 Å². The van der Waals surface area contributed by atoms with Crippen LogP contribution >= 0.6 is 7.37 Å². The van der Waals surface area contributed by atoms with Crippen molar-refractivity contribution in [3.63, 3.8) is 0 Å². The minimum absolute atomic E-state index is 0.0167. The van der Waals surface area contributed by atoms with Gasteiger partial charge in [0.15, 0.2) is 0 Å². The molecule has 0 bridgehead atoms. The third-order valence-electron chi connectivity index (χ3n) is 2.10. The molecule has 0 aliphatic heterocycles. The number of carbonyl (C=O) groups excluding carboxylic acids is 2. The molecule has 0 N–H and O–H groups in total. The van der Waals surface area contributed by atoms with E-state index in [0.29, 0.717) is 0 Å². The van der Waals surface area contributed by atoms with Crippen LogP contribution in [0.3, 0.4) is 0 Å². The number of esters is 2. The van der Waals surface area contributed by atoms with Crippen LogP contribution in [0.4, 0.5) is 0 Å². The highest BCUT2D eigenvalue weighted by atomic mass is 31.2. The summed E-state index contributed by atoms with van der Waals surface area (Å²) in [6.45, 7) is 0. The van der Waals surface area contributed by atoms with Gasteiger partial charge in [-0.1, -0.05) is 0 Å². The zero-order chi connectivity index (χ0) is 12.6. The summed E-state index contributed by atoms with van der Waals surface area (Å²) in [5.74, 6) is -0.898. The first-order valence-corrected chi connectivity index (χ1v) is 6.74. The average Bonchev–Trinajstić information content (AvgIpc) is 2.32. The molecule has 0 unspecified atom stereocenters. The van der Waals surface area contributed by atoms with Crippen LogP contribution in [0.15, 0.2) is 0 Å². The number of ether oxygens (including phenoxy) is 2. The molecule has 94 valence electrons. The third-order valence-corrected chi connectivity index (χ3v) is 4.58. The first-order chi connectivity index (χ1) is 7.47. The Hall–Kier alpha value is -0.870. The predicted molar refractivity (Wildman–Crippen MR) is 57.6 cm³/mol. The lowest BCUT2D eigenvalue weighted by Crippen LogP contribution is -2.09. The number of methoxy groups -OCH3 is 2. The van der Waals surface area contributed by atoms with Gasteiger partial charge in [-0.05, 0) is 0 Å². The second-order valence-electron chi connectivity index (χ2n) is 3.10. The molecular formula is C9H17O6P. The zero-order valence-corrected chi connectivity index (χ0v) is 10.6. The monoisotopic (exact) mass is 252 g/mol. The highest BCUT2D eigenvalue weighted by Gasteiger charge is 2.24. The van der Waals surface area contributed by atoms with Gasteiger partial charge in [0.05, 0.1) is 27.1 Å². The Labute approximate surface area is 94.7 Å². The Morgan fingerprint density at radius 2 is 1.31 bits per heavy atom. The molecule has 0 rings (SSSR count). The van der Waals surface area contributed by atoms with E-state index in [0.717, 1.165) is 0 Å². The number of rotatable bonds is 7. The van der Waals surface area contributed by atoms with E-state index in [1.807, 2.05) is 0 Å². The summed E-state index contributed by atoms with van der Waals surface area (Å²) in [6, 6.07) is 0. The summed E-state index contributed by atoms with van der Waals surface area (Å²) in [7, 11) is 0.882. The average molecular weight is 252 g/mol. The van der Waals surface area contributed by atoms with Crippen molar-refractivity contribution in [3.8, 4) is 0 Å². The van der Waals surface area contributed by atoms with Crippen molar-refractivity contribution in [1.29, 1.82) is 0 Å². The molecule has 0 radical (unpaired) electrons. The van der Waals surface area contributed by atoms with Crippen molar-refractivity contribution in [3.05, 3.63) is 0 Å². The topological polar surface area (TPSA) is 78.9 Å². The molecule has 7 heteroatoms. The number of hydrogen-bond donors (Lipinski definition) is 0. The van der Waals surface area contributed by atoms with Gasteiger partial charge in [0.25, 0.3) is 0 Å². The van der Waals surface area contributed by atoms with Crippen molar-refractivity contribution >= 4 is 19.3 Å². The van der Waals surface area contributed by atoms with Crippen molar-refractivity contribution < 1.29 is 28.2 Å². The molecule has 0 aromatic heterocycles. The molecule has 0 spiro atoms. The van der Waals surface area contributed by atoms with Crippen LogP contribution in [-0.4, -0.2) is 45.6 Å². The van der Waals surface area contributed by atoms with Gasteiger partial charge in [0.1, 0.15) is 0 Å². The molecule has 0 aromatic rings. The summed E-state index contributed by atoms with van der Waals surface area (Å²) >= 11 is 0. The molecule has 0 amide bonds. The van der Waals surface area contributed by atoms with Crippen molar-refractivity contribution in [2.24, 2.45) is 0 Å². The SMILES string of the molecule is COC(=O)CCP(=O)(CCC(=O)OC)OC. The second-order valence-corrected chi connectivity index (χ2v) is 5.99. The van der Waals surface area contributed by atoms with E-state index >= 15 is 0 Å². The summed E-state index contributed by atoms with van der Waals surface area (Å²) in [4.78, 5) is 21.8. The molecule has 0 heterocycles. The Morgan fingerprint density at radius 3 is 1.56 bits per heavy atom. The maximum absolute atomic E-state index is 12.0. The minimum atomic E-state index is -2.94. The molecule has 0 aromatic carbocycles. The van der Waals surface area contributed by atoms with Gasteiger partial charge in [-0.15, -0.1) is 0 Å². The van der Waals surface area contributed by atoms with E-state index < -0.39 is 19.3 Å². The first-order valence-electron chi connectivity index (χ1n) is 4.75. The van der Waals surface area contributed by atoms with Gasteiger partial charge in [0, 0.05) is 19.4 Å². The van der Waals surface area contributed by atoms with Crippen molar-refractivity contribution in [2.45, 2.75) is 12.8 Å². The van der Waals surface area contributed by atoms with E-state index in [-0.39, 0.29) is 25.2 Å². The summed E-state index contributed by atoms with van der Waals surface area (Å²) in [5, 5.41) is 0. The molecule has 0 aliphatic rings. The standard InChI is InChI=1S/C9H17O6P/c1-13-8(10)4-6-16(12,15-3)7-5-9(11)14-2/h4-7H2,1-3H3. The van der Waals surface area contributed by atoms with Crippen LogP contribution in [-0.2, 0) is 28.2 Å². The van der Waals surface area contributed by atoms with Crippen LogP contribution in [0.1, 0.15) is 12.8 Å². The van der Waals surface area contributed by atoms with E-state index in [1.54, 1.807) is 0 Å². The van der Waals surface area contributed by atoms with Crippen molar-refractivity contribution in [1.82, 2.24) is 0 Å². The molecule has 0 saturated carbocycles. The Balaban J connectivity index is 4.15. The van der Waals surface area contributed by atoms with E-state index in [9.17, 15) is 14.2 Å². The predicted octanol–water partition coefficient (Wildman–Crippen LogP) is 1.04. The summed E-state index contributed by atoms with van der Waals surface area (Å²) in [6.07, 6.45) is 0.186. The van der Waals surface area contributed by atoms with Crippen LogP contribution in [0.25, 0.3) is 0 Å². The smallest absolute Gasteiger partial charge is 0.306 e. The van der Waals surface area contributed by atoms with Crippen LogP contribution in [0.5, 0.6) is 0 Å². The van der Waals surface area contributed by atoms with Gasteiger partial charge in [-0.25, -0.2) is 0 Å². The largest absolute Gasteiger partial charge is 0.469 e. The molecule has 0 atom stereocenters. The maximum Gasteiger partial charge on any atom is 0.306 e. The van der Waals surface area contributed by atoms with Crippen molar-refractivity contribution in [2.75, 3.05) is 33.7 Å². The van der Waals surface area contributed by atoms with Gasteiger partial charge in [-0.2, -0.15) is 0 Å². The van der Waals surface area contributed by atoms with E-state index in [1.165, 1.54) is 21.3 Å². The lowest BCUT2D eigenvalue weighted by molar-refractivity contribution is -0.140. The third kappa shape index (κ3) is 5.88. The minimum Gasteiger partial charge on any atom is -0.469 e. The Kier molecular flexibility index (Phi) is 7.01. The maximum atomic E-state index is 12.0. The Bertz CT molecular complexity index is 264. The molecule has 6 nitrogen and oxygen atoms in total. The molecule has 0 saturated heterocycles. The normalized spacial score (nSPS) is 10.9. The van der Waals surface area contributed by atoms with Gasteiger partial charge >= 0.3 is 11.9 Å². The van der Waals surface area contributed by atoms with Gasteiger partial charge in [-0.3, -0.25) is 14.2 Å². The second kappa shape index (κ2) is 7.41. The lowest BCUT2D eigenvalue weighted by Gasteiger charge is -2.14. The van der Waals surface area contributed by atoms with E-state index in [2.05, 4.69) is 9.47 Å². The summed E-state index contributed by atoms with van der Waals surface area (Å²) < 4.78 is 25.7. The lowest BCUT2D eigenvalue weighted by atomic mass is 10.5. The van der Waals surface area contributed by atoms with Gasteiger partial charge in [0.2, 0.25) is 7.37 Å². The number of carbonyl (C=O) groups is 2. The zero-order valence-electron chi connectivity index (χ0n) is 9.73. The quantitative estimate of drug-likeness (QED) is 0.497. The van der Waals surface area contributed by atoms with Gasteiger partial charge < -0.3 is 14.0 Å². The van der Waals surface area contributed by atoms with Crippen LogP contribution < -0.4 is 0 Å². The summed E-state index contributed by atoms with van der Waals surface area (Å²) in [5.41, 5.74) is 0. The molecular weight excluding hydrogens is 235 g/mol. The molecule has 0 fully saturated rings. The fourth-order valence-corrected chi connectivity index (χ4v) is 2.66.